The van der Waals surface area contributed by atoms with Crippen LogP contribution in [0.2, 0.25) is 0 Å². The van der Waals surface area contributed by atoms with Gasteiger partial charge < -0.3 is 10.1 Å². The second kappa shape index (κ2) is 5.92. The van der Waals surface area contributed by atoms with E-state index in [1.54, 1.807) is 19.2 Å². The molecule has 2 N–H and O–H groups in total. The number of hydrogen-bond donors (Lipinski definition) is 2. The number of carbonyl (C=O) groups is 2. The van der Waals surface area contributed by atoms with Gasteiger partial charge in [0, 0.05) is 22.7 Å². The van der Waals surface area contributed by atoms with Crippen LogP contribution < -0.4 is 0 Å². The van der Waals surface area contributed by atoms with E-state index in [1.165, 1.54) is 0 Å². The lowest BCUT2D eigenvalue weighted by molar-refractivity contribution is -0.138. The van der Waals surface area contributed by atoms with Crippen molar-refractivity contribution in [2.75, 3.05) is 0 Å². The number of aryl methyl sites for hydroxylation is 2. The molecule has 1 atom stereocenters. The molecule has 3 aromatic rings. The molecule has 0 aliphatic carbocycles. The SMILES string of the molecule is Cc1ccnc(C(=O)c2[nH]c3cc(C)ccc3c2C(C)C(=O)O)c1. The van der Waals surface area contributed by atoms with Crippen molar-refractivity contribution in [1.29, 1.82) is 0 Å². The Labute approximate surface area is 139 Å². The second-order valence-corrected chi connectivity index (χ2v) is 6.07. The molecule has 0 aliphatic heterocycles. The highest BCUT2D eigenvalue weighted by Gasteiger charge is 2.27. The van der Waals surface area contributed by atoms with E-state index in [1.807, 2.05) is 38.1 Å². The van der Waals surface area contributed by atoms with E-state index in [-0.39, 0.29) is 5.78 Å². The van der Waals surface area contributed by atoms with Crippen LogP contribution in [0.25, 0.3) is 10.9 Å². The predicted molar refractivity (Wildman–Crippen MR) is 91.5 cm³/mol. The summed E-state index contributed by atoms with van der Waals surface area (Å²) in [6, 6.07) is 9.19. The standard InChI is InChI=1S/C19H18N2O3/c1-10-4-5-13-14(8-10)21-17(16(13)12(3)19(23)24)18(22)15-9-11(2)6-7-20-15/h4-9,12,21H,1-3H3,(H,23,24). The van der Waals surface area contributed by atoms with E-state index in [2.05, 4.69) is 9.97 Å². The van der Waals surface area contributed by atoms with Crippen molar-refractivity contribution in [2.24, 2.45) is 0 Å². The van der Waals surface area contributed by atoms with Gasteiger partial charge in [-0.15, -0.1) is 0 Å². The van der Waals surface area contributed by atoms with Gasteiger partial charge in [-0.05, 0) is 50.1 Å². The number of carboxylic acid groups (broad SMARTS) is 1. The van der Waals surface area contributed by atoms with Gasteiger partial charge in [0.25, 0.3) is 0 Å². The molecular weight excluding hydrogens is 304 g/mol. The van der Waals surface area contributed by atoms with Crippen LogP contribution in [-0.2, 0) is 4.79 Å². The van der Waals surface area contributed by atoms with Gasteiger partial charge in [0.1, 0.15) is 5.69 Å². The first-order chi connectivity index (χ1) is 11.4. The maximum atomic E-state index is 12.9. The van der Waals surface area contributed by atoms with Crippen LogP contribution in [0.1, 0.15) is 45.7 Å². The number of carbonyl (C=O) groups excluding carboxylic acids is 1. The van der Waals surface area contributed by atoms with Crippen molar-refractivity contribution in [1.82, 2.24) is 9.97 Å². The number of benzene rings is 1. The summed E-state index contributed by atoms with van der Waals surface area (Å²) >= 11 is 0. The minimum absolute atomic E-state index is 0.295. The molecule has 2 aromatic heterocycles. The molecule has 0 amide bonds. The van der Waals surface area contributed by atoms with Gasteiger partial charge in [-0.3, -0.25) is 14.6 Å². The Balaban J connectivity index is 2.24. The van der Waals surface area contributed by atoms with Crippen molar-refractivity contribution in [3.05, 3.63) is 64.6 Å². The van der Waals surface area contributed by atoms with Crippen LogP contribution in [0.15, 0.2) is 36.5 Å². The zero-order chi connectivity index (χ0) is 17.4. The van der Waals surface area contributed by atoms with Crippen molar-refractivity contribution in [3.63, 3.8) is 0 Å². The zero-order valence-electron chi connectivity index (χ0n) is 13.8. The molecule has 0 fully saturated rings. The van der Waals surface area contributed by atoms with Crippen molar-refractivity contribution < 1.29 is 14.7 Å². The first-order valence-corrected chi connectivity index (χ1v) is 7.71. The summed E-state index contributed by atoms with van der Waals surface area (Å²) in [6.07, 6.45) is 1.58. The van der Waals surface area contributed by atoms with Gasteiger partial charge in [0.05, 0.1) is 11.6 Å². The maximum absolute atomic E-state index is 12.9. The van der Waals surface area contributed by atoms with Crippen LogP contribution in [0, 0.1) is 13.8 Å². The normalized spacial score (nSPS) is 12.3. The summed E-state index contributed by atoms with van der Waals surface area (Å²) in [7, 11) is 0. The molecule has 3 rings (SSSR count). The maximum Gasteiger partial charge on any atom is 0.310 e. The Morgan fingerprint density at radius 2 is 1.83 bits per heavy atom. The lowest BCUT2D eigenvalue weighted by Gasteiger charge is -2.09. The average molecular weight is 322 g/mol. The van der Waals surface area contributed by atoms with Crippen LogP contribution in [0.4, 0.5) is 0 Å². The molecule has 1 aromatic carbocycles. The van der Waals surface area contributed by atoms with E-state index >= 15 is 0 Å². The summed E-state index contributed by atoms with van der Waals surface area (Å²) < 4.78 is 0. The van der Waals surface area contributed by atoms with Crippen LogP contribution in [-0.4, -0.2) is 26.8 Å². The monoisotopic (exact) mass is 322 g/mol. The number of aromatic nitrogens is 2. The largest absolute Gasteiger partial charge is 0.481 e. The molecule has 5 heteroatoms. The van der Waals surface area contributed by atoms with E-state index < -0.39 is 11.9 Å². The molecular formula is C19H18N2O3. The number of aromatic amines is 1. The summed E-state index contributed by atoms with van der Waals surface area (Å²) in [5, 5.41) is 10.2. The Hall–Kier alpha value is -2.95. The lowest BCUT2D eigenvalue weighted by atomic mass is 9.95. The number of carboxylic acids is 1. The highest BCUT2D eigenvalue weighted by Crippen LogP contribution is 2.31. The Morgan fingerprint density at radius 1 is 1.12 bits per heavy atom. The fourth-order valence-electron chi connectivity index (χ4n) is 2.87. The number of aliphatic carboxylic acids is 1. The van der Waals surface area contributed by atoms with E-state index in [0.717, 1.165) is 22.0 Å². The molecule has 0 saturated heterocycles. The summed E-state index contributed by atoms with van der Waals surface area (Å²) in [4.78, 5) is 31.7. The number of hydrogen-bond acceptors (Lipinski definition) is 3. The molecule has 1 unspecified atom stereocenters. The fourth-order valence-corrected chi connectivity index (χ4v) is 2.87. The third-order valence-electron chi connectivity index (χ3n) is 4.17. The Kier molecular flexibility index (Phi) is 3.93. The second-order valence-electron chi connectivity index (χ2n) is 6.07. The smallest absolute Gasteiger partial charge is 0.310 e. The number of ketones is 1. The minimum atomic E-state index is -0.970. The lowest BCUT2D eigenvalue weighted by Crippen LogP contribution is -2.13. The molecule has 0 radical (unpaired) electrons. The molecule has 24 heavy (non-hydrogen) atoms. The number of nitrogens with one attached hydrogen (secondary N) is 1. The van der Waals surface area contributed by atoms with E-state index in [9.17, 15) is 14.7 Å². The Morgan fingerprint density at radius 3 is 2.50 bits per heavy atom. The van der Waals surface area contributed by atoms with Crippen molar-refractivity contribution in [3.8, 4) is 0 Å². The van der Waals surface area contributed by atoms with Crippen molar-refractivity contribution >= 4 is 22.7 Å². The van der Waals surface area contributed by atoms with Gasteiger partial charge >= 0.3 is 5.97 Å². The average Bonchev–Trinajstić information content (AvgIpc) is 2.91. The molecule has 0 saturated carbocycles. The Bertz CT molecular complexity index is 956. The van der Waals surface area contributed by atoms with E-state index in [4.69, 9.17) is 0 Å². The number of rotatable bonds is 4. The van der Waals surface area contributed by atoms with Gasteiger partial charge in [-0.25, -0.2) is 0 Å². The van der Waals surface area contributed by atoms with Gasteiger partial charge in [-0.2, -0.15) is 0 Å². The van der Waals surface area contributed by atoms with Crippen molar-refractivity contribution in [2.45, 2.75) is 26.7 Å². The number of H-pyrrole nitrogens is 1. The molecule has 2 heterocycles. The van der Waals surface area contributed by atoms with Crippen LogP contribution in [0.5, 0.6) is 0 Å². The van der Waals surface area contributed by atoms with Crippen LogP contribution in [0.3, 0.4) is 0 Å². The topological polar surface area (TPSA) is 83.0 Å². The van der Waals surface area contributed by atoms with E-state index in [0.29, 0.717) is 17.0 Å². The van der Waals surface area contributed by atoms with Gasteiger partial charge in [0.2, 0.25) is 5.78 Å². The minimum Gasteiger partial charge on any atom is -0.481 e. The predicted octanol–water partition coefficient (Wildman–Crippen LogP) is 3.60. The highest BCUT2D eigenvalue weighted by atomic mass is 16.4. The van der Waals surface area contributed by atoms with Crippen LogP contribution >= 0.6 is 0 Å². The summed E-state index contributed by atoms with van der Waals surface area (Å²) in [6.45, 7) is 5.42. The molecule has 0 aliphatic rings. The third kappa shape index (κ3) is 2.69. The van der Waals surface area contributed by atoms with Gasteiger partial charge in [-0.1, -0.05) is 12.1 Å². The van der Waals surface area contributed by atoms with Gasteiger partial charge in [0.15, 0.2) is 0 Å². The molecule has 0 bridgehead atoms. The molecule has 5 nitrogen and oxygen atoms in total. The first kappa shape index (κ1) is 15.9. The number of nitrogens with zero attached hydrogens (tertiary/aromatic N) is 1. The zero-order valence-corrected chi connectivity index (χ0v) is 13.8. The fraction of sp³-hybridized carbons (Fsp3) is 0.211. The summed E-state index contributed by atoms with van der Waals surface area (Å²) in [5.74, 6) is -2.07. The third-order valence-corrected chi connectivity index (χ3v) is 4.17. The highest BCUT2D eigenvalue weighted by molar-refractivity contribution is 6.12. The first-order valence-electron chi connectivity index (χ1n) is 7.71. The molecule has 122 valence electrons. The number of pyridine rings is 1. The number of fused-ring (bicyclic) bond motifs is 1. The molecule has 0 spiro atoms. The summed E-state index contributed by atoms with van der Waals surface area (Å²) in [5.41, 5.74) is 3.82. The quantitative estimate of drug-likeness (QED) is 0.719.